The second kappa shape index (κ2) is 6.15. The van der Waals surface area contributed by atoms with E-state index in [2.05, 4.69) is 29.6 Å². The van der Waals surface area contributed by atoms with Gasteiger partial charge < -0.3 is 5.32 Å². The molecule has 1 aliphatic rings. The number of anilines is 1. The van der Waals surface area contributed by atoms with E-state index >= 15 is 0 Å². The average molecular weight is 238 g/mol. The van der Waals surface area contributed by atoms with Crippen LogP contribution in [0.2, 0.25) is 0 Å². The summed E-state index contributed by atoms with van der Waals surface area (Å²) in [5.41, 5.74) is 2.42. The van der Waals surface area contributed by atoms with Gasteiger partial charge in [0.2, 0.25) is 0 Å². The van der Waals surface area contributed by atoms with Crippen LogP contribution in [0.4, 0.5) is 5.69 Å². The number of benzene rings is 1. The van der Waals surface area contributed by atoms with Gasteiger partial charge in [-0.1, -0.05) is 37.8 Å². The van der Waals surface area contributed by atoms with Crippen LogP contribution in [0.1, 0.15) is 44.1 Å². The molecule has 1 saturated carbocycles. The molecule has 1 nitrogen and oxygen atoms in total. The number of rotatable bonds is 3. The van der Waals surface area contributed by atoms with Crippen LogP contribution in [0.25, 0.3) is 0 Å². The van der Waals surface area contributed by atoms with Crippen LogP contribution in [0.15, 0.2) is 24.3 Å². The van der Waals surface area contributed by atoms with E-state index in [9.17, 15) is 0 Å². The molecule has 0 spiro atoms. The van der Waals surface area contributed by atoms with E-state index in [1.54, 1.807) is 0 Å². The van der Waals surface area contributed by atoms with Crippen molar-refractivity contribution in [2.45, 2.75) is 50.4 Å². The second-order valence-corrected chi connectivity index (χ2v) is 4.93. The highest BCUT2D eigenvalue weighted by Gasteiger charge is 2.11. The molecular weight excluding hydrogens is 218 g/mol. The van der Waals surface area contributed by atoms with Crippen LogP contribution in [-0.4, -0.2) is 6.04 Å². The van der Waals surface area contributed by atoms with Crippen LogP contribution in [0.5, 0.6) is 0 Å². The van der Waals surface area contributed by atoms with Gasteiger partial charge in [-0.3, -0.25) is 0 Å². The SMILES string of the molecule is ClCc1ccc(NC2CCCCCC2)cc1. The molecule has 0 radical (unpaired) electrons. The lowest BCUT2D eigenvalue weighted by atomic mass is 10.1. The summed E-state index contributed by atoms with van der Waals surface area (Å²) < 4.78 is 0. The van der Waals surface area contributed by atoms with E-state index in [4.69, 9.17) is 11.6 Å². The minimum Gasteiger partial charge on any atom is -0.382 e. The highest BCUT2D eigenvalue weighted by molar-refractivity contribution is 6.17. The second-order valence-electron chi connectivity index (χ2n) is 4.66. The number of halogens is 1. The highest BCUT2D eigenvalue weighted by atomic mass is 35.5. The average Bonchev–Trinajstić information content (AvgIpc) is 2.59. The largest absolute Gasteiger partial charge is 0.382 e. The molecule has 16 heavy (non-hydrogen) atoms. The zero-order chi connectivity index (χ0) is 11.2. The third-order valence-electron chi connectivity index (χ3n) is 3.33. The van der Waals surface area contributed by atoms with Gasteiger partial charge in [-0.25, -0.2) is 0 Å². The fourth-order valence-electron chi connectivity index (χ4n) is 2.35. The van der Waals surface area contributed by atoms with Gasteiger partial charge in [-0.15, -0.1) is 11.6 Å². The van der Waals surface area contributed by atoms with E-state index in [1.807, 2.05) is 0 Å². The van der Waals surface area contributed by atoms with Crippen molar-refractivity contribution in [2.24, 2.45) is 0 Å². The van der Waals surface area contributed by atoms with Crippen LogP contribution in [0.3, 0.4) is 0 Å². The lowest BCUT2D eigenvalue weighted by molar-refractivity contribution is 0.620. The summed E-state index contributed by atoms with van der Waals surface area (Å²) >= 11 is 5.77. The predicted molar refractivity (Wildman–Crippen MR) is 71.1 cm³/mol. The molecule has 0 aromatic heterocycles. The Morgan fingerprint density at radius 2 is 1.62 bits per heavy atom. The first-order valence-corrected chi connectivity index (χ1v) is 6.83. The lowest BCUT2D eigenvalue weighted by Gasteiger charge is -2.17. The molecule has 2 rings (SSSR count). The molecule has 88 valence electrons. The molecule has 0 amide bonds. The third kappa shape index (κ3) is 3.41. The maximum atomic E-state index is 5.77. The smallest absolute Gasteiger partial charge is 0.0474 e. The molecule has 0 bridgehead atoms. The summed E-state index contributed by atoms with van der Waals surface area (Å²) in [5.74, 6) is 0.601. The van der Waals surface area contributed by atoms with Crippen molar-refractivity contribution in [3.05, 3.63) is 29.8 Å². The summed E-state index contributed by atoms with van der Waals surface area (Å²) in [6.07, 6.45) is 8.19. The predicted octanol–water partition coefficient (Wildman–Crippen LogP) is 4.56. The Morgan fingerprint density at radius 3 is 2.19 bits per heavy atom. The van der Waals surface area contributed by atoms with Gasteiger partial charge in [-0.05, 0) is 30.5 Å². The van der Waals surface area contributed by atoms with Crippen molar-refractivity contribution >= 4 is 17.3 Å². The van der Waals surface area contributed by atoms with Gasteiger partial charge >= 0.3 is 0 Å². The van der Waals surface area contributed by atoms with E-state index < -0.39 is 0 Å². The van der Waals surface area contributed by atoms with Crippen molar-refractivity contribution in [3.8, 4) is 0 Å². The van der Waals surface area contributed by atoms with E-state index in [0.717, 1.165) is 0 Å². The molecule has 2 heteroatoms. The standard InChI is InChI=1S/C14H20ClN/c15-11-12-7-9-14(10-8-12)16-13-5-3-1-2-4-6-13/h7-10,13,16H,1-6,11H2. The Morgan fingerprint density at radius 1 is 1.00 bits per heavy atom. The van der Waals surface area contributed by atoms with Gasteiger partial charge in [0, 0.05) is 17.6 Å². The first kappa shape index (κ1) is 11.8. The molecule has 0 atom stereocenters. The quantitative estimate of drug-likeness (QED) is 0.600. The molecule has 1 aliphatic carbocycles. The molecule has 1 N–H and O–H groups in total. The number of hydrogen-bond acceptors (Lipinski definition) is 1. The maximum Gasteiger partial charge on any atom is 0.0474 e. The Balaban J connectivity index is 1.91. The Bertz CT molecular complexity index is 299. The van der Waals surface area contributed by atoms with Crippen molar-refractivity contribution in [1.29, 1.82) is 0 Å². The fraction of sp³-hybridized carbons (Fsp3) is 0.571. The van der Waals surface area contributed by atoms with Crippen molar-refractivity contribution in [3.63, 3.8) is 0 Å². The molecule has 1 aromatic rings. The lowest BCUT2D eigenvalue weighted by Crippen LogP contribution is -2.18. The van der Waals surface area contributed by atoms with Gasteiger partial charge in [0.15, 0.2) is 0 Å². The number of alkyl halides is 1. The van der Waals surface area contributed by atoms with Crippen LogP contribution < -0.4 is 5.32 Å². The summed E-state index contributed by atoms with van der Waals surface area (Å²) in [6.45, 7) is 0. The van der Waals surface area contributed by atoms with Crippen LogP contribution in [0, 0.1) is 0 Å². The summed E-state index contributed by atoms with van der Waals surface area (Å²) in [7, 11) is 0. The minimum atomic E-state index is 0.601. The molecule has 0 unspecified atom stereocenters. The van der Waals surface area contributed by atoms with Gasteiger partial charge in [0.25, 0.3) is 0 Å². The van der Waals surface area contributed by atoms with E-state index in [1.165, 1.54) is 49.8 Å². The summed E-state index contributed by atoms with van der Waals surface area (Å²) in [4.78, 5) is 0. The minimum absolute atomic E-state index is 0.601. The monoisotopic (exact) mass is 237 g/mol. The summed E-state index contributed by atoms with van der Waals surface area (Å²) in [5, 5.41) is 3.63. The van der Waals surface area contributed by atoms with Gasteiger partial charge in [0.05, 0.1) is 0 Å². The topological polar surface area (TPSA) is 12.0 Å². The first-order valence-electron chi connectivity index (χ1n) is 6.30. The van der Waals surface area contributed by atoms with Gasteiger partial charge in [0.1, 0.15) is 0 Å². The Hall–Kier alpha value is -0.690. The van der Waals surface area contributed by atoms with Crippen molar-refractivity contribution in [1.82, 2.24) is 0 Å². The Kier molecular flexibility index (Phi) is 4.53. The normalized spacial score (nSPS) is 18.1. The third-order valence-corrected chi connectivity index (χ3v) is 3.64. The van der Waals surface area contributed by atoms with E-state index in [-0.39, 0.29) is 0 Å². The molecular formula is C14H20ClN. The first-order chi connectivity index (χ1) is 7.88. The molecule has 0 heterocycles. The zero-order valence-electron chi connectivity index (χ0n) is 9.71. The number of hydrogen-bond donors (Lipinski definition) is 1. The molecule has 0 saturated heterocycles. The fourth-order valence-corrected chi connectivity index (χ4v) is 2.53. The maximum absolute atomic E-state index is 5.77. The molecule has 0 aliphatic heterocycles. The highest BCUT2D eigenvalue weighted by Crippen LogP contribution is 2.21. The van der Waals surface area contributed by atoms with Crippen LogP contribution >= 0.6 is 11.6 Å². The van der Waals surface area contributed by atoms with Gasteiger partial charge in [-0.2, -0.15) is 0 Å². The summed E-state index contributed by atoms with van der Waals surface area (Å²) in [6, 6.07) is 9.16. The molecule has 1 fully saturated rings. The van der Waals surface area contributed by atoms with E-state index in [0.29, 0.717) is 11.9 Å². The van der Waals surface area contributed by atoms with Crippen molar-refractivity contribution < 1.29 is 0 Å². The van der Waals surface area contributed by atoms with Crippen LogP contribution in [-0.2, 0) is 5.88 Å². The molecule has 1 aromatic carbocycles. The Labute approximate surface area is 103 Å². The van der Waals surface area contributed by atoms with Crippen molar-refractivity contribution in [2.75, 3.05) is 5.32 Å². The number of nitrogens with one attached hydrogen (secondary N) is 1. The zero-order valence-corrected chi connectivity index (χ0v) is 10.5.